The molecule has 1 aliphatic carbocycles. The van der Waals surface area contributed by atoms with E-state index in [0.29, 0.717) is 5.56 Å². The molecule has 2 nitrogen and oxygen atoms in total. The third kappa shape index (κ3) is 2.53. The number of piperidine rings is 1. The molecular weight excluding hydrogens is 284 g/mol. The van der Waals surface area contributed by atoms with Crippen molar-refractivity contribution in [3.05, 3.63) is 35.4 Å². The van der Waals surface area contributed by atoms with Gasteiger partial charge in [0.1, 0.15) is 11.6 Å². The molecule has 1 spiro atoms. The summed E-state index contributed by atoms with van der Waals surface area (Å²) in [6.45, 7) is 3.96. The van der Waals surface area contributed by atoms with Crippen LogP contribution in [0.25, 0.3) is 0 Å². The Hall–Kier alpha value is -1.45. The molecule has 4 heteroatoms. The standard InChI is InChI=1S/C18H23F2NO/c1-12(2)21-16(13-9-14(19)11-15(20)10-13)5-8-18(17(21)22)6-3-4-7-18/h9-12,16H,3-8H2,1-2H3/t16-/m0/s1. The molecule has 1 heterocycles. The van der Waals surface area contributed by atoms with E-state index in [1.54, 1.807) is 0 Å². The van der Waals surface area contributed by atoms with Crippen molar-refractivity contribution in [1.29, 1.82) is 0 Å². The average Bonchev–Trinajstić information content (AvgIpc) is 2.90. The van der Waals surface area contributed by atoms with Gasteiger partial charge in [-0.25, -0.2) is 8.78 Å². The van der Waals surface area contributed by atoms with Gasteiger partial charge in [-0.15, -0.1) is 0 Å². The molecule has 0 N–H and O–H groups in total. The predicted octanol–water partition coefficient (Wildman–Crippen LogP) is 4.60. The van der Waals surface area contributed by atoms with Gasteiger partial charge in [-0.05, 0) is 57.2 Å². The number of carbonyl (C=O) groups is 1. The van der Waals surface area contributed by atoms with E-state index in [1.807, 2.05) is 18.7 Å². The van der Waals surface area contributed by atoms with E-state index < -0.39 is 11.6 Å². The van der Waals surface area contributed by atoms with E-state index in [2.05, 4.69) is 0 Å². The first-order valence-corrected chi connectivity index (χ1v) is 8.22. The molecule has 3 rings (SSSR count). The summed E-state index contributed by atoms with van der Waals surface area (Å²) in [6, 6.07) is 3.42. The number of nitrogens with zero attached hydrogens (tertiary/aromatic N) is 1. The maximum atomic E-state index is 13.6. The molecule has 1 aromatic rings. The minimum absolute atomic E-state index is 0.0293. The molecule has 1 saturated heterocycles. The van der Waals surface area contributed by atoms with Crippen LogP contribution >= 0.6 is 0 Å². The fourth-order valence-electron chi connectivity index (χ4n) is 4.28. The van der Waals surface area contributed by atoms with Crippen LogP contribution in [0.4, 0.5) is 8.78 Å². The van der Waals surface area contributed by atoms with Crippen LogP contribution in [0.15, 0.2) is 18.2 Å². The molecule has 22 heavy (non-hydrogen) atoms. The highest BCUT2D eigenvalue weighted by Crippen LogP contribution is 2.50. The molecule has 0 unspecified atom stereocenters. The number of halogens is 2. The van der Waals surface area contributed by atoms with Gasteiger partial charge in [0, 0.05) is 17.5 Å². The molecule has 0 aromatic heterocycles. The molecule has 1 atom stereocenters. The average molecular weight is 307 g/mol. The lowest BCUT2D eigenvalue weighted by Crippen LogP contribution is -2.51. The van der Waals surface area contributed by atoms with Crippen molar-refractivity contribution in [1.82, 2.24) is 4.90 Å². The van der Waals surface area contributed by atoms with E-state index in [0.717, 1.165) is 44.6 Å². The Morgan fingerprint density at radius 2 is 1.68 bits per heavy atom. The highest BCUT2D eigenvalue weighted by atomic mass is 19.1. The molecule has 0 bridgehead atoms. The minimum Gasteiger partial charge on any atom is -0.333 e. The SMILES string of the molecule is CC(C)N1C(=O)C2(CCCC2)CC[C@H]1c1cc(F)cc(F)c1. The number of benzene rings is 1. The van der Waals surface area contributed by atoms with E-state index >= 15 is 0 Å². The zero-order valence-corrected chi connectivity index (χ0v) is 13.2. The van der Waals surface area contributed by atoms with Gasteiger partial charge < -0.3 is 4.90 Å². The topological polar surface area (TPSA) is 20.3 Å². The van der Waals surface area contributed by atoms with Crippen LogP contribution in [0.3, 0.4) is 0 Å². The Morgan fingerprint density at radius 1 is 1.09 bits per heavy atom. The van der Waals surface area contributed by atoms with Crippen molar-refractivity contribution in [2.75, 3.05) is 0 Å². The maximum Gasteiger partial charge on any atom is 0.229 e. The fraction of sp³-hybridized carbons (Fsp3) is 0.611. The lowest BCUT2D eigenvalue weighted by atomic mass is 9.74. The van der Waals surface area contributed by atoms with Gasteiger partial charge in [-0.2, -0.15) is 0 Å². The van der Waals surface area contributed by atoms with Crippen LogP contribution in [0.1, 0.15) is 64.0 Å². The number of hydrogen-bond acceptors (Lipinski definition) is 1. The van der Waals surface area contributed by atoms with Crippen molar-refractivity contribution in [2.45, 2.75) is 64.5 Å². The third-order valence-electron chi connectivity index (χ3n) is 5.31. The molecule has 2 fully saturated rings. The molecule has 1 aromatic carbocycles. The summed E-state index contributed by atoms with van der Waals surface area (Å²) >= 11 is 0. The summed E-state index contributed by atoms with van der Waals surface area (Å²) < 4.78 is 27.1. The lowest BCUT2D eigenvalue weighted by Gasteiger charge is -2.47. The number of amides is 1. The molecule has 0 radical (unpaired) electrons. The summed E-state index contributed by atoms with van der Waals surface area (Å²) in [5, 5.41) is 0. The number of likely N-dealkylation sites (tertiary alicyclic amines) is 1. The van der Waals surface area contributed by atoms with Crippen LogP contribution in [-0.4, -0.2) is 16.8 Å². The molecule has 1 amide bonds. The van der Waals surface area contributed by atoms with Crippen LogP contribution in [0.5, 0.6) is 0 Å². The zero-order valence-electron chi connectivity index (χ0n) is 13.2. The van der Waals surface area contributed by atoms with Crippen molar-refractivity contribution in [3.63, 3.8) is 0 Å². The van der Waals surface area contributed by atoms with E-state index in [1.165, 1.54) is 12.1 Å². The second-order valence-electron chi connectivity index (χ2n) is 7.05. The first-order valence-electron chi connectivity index (χ1n) is 8.22. The molecule has 120 valence electrons. The zero-order chi connectivity index (χ0) is 15.9. The molecule has 2 aliphatic rings. The van der Waals surface area contributed by atoms with Crippen LogP contribution in [0, 0.1) is 17.0 Å². The van der Waals surface area contributed by atoms with E-state index in [9.17, 15) is 13.6 Å². The van der Waals surface area contributed by atoms with Crippen molar-refractivity contribution in [3.8, 4) is 0 Å². The van der Waals surface area contributed by atoms with Crippen molar-refractivity contribution < 1.29 is 13.6 Å². The molecule has 1 saturated carbocycles. The largest absolute Gasteiger partial charge is 0.333 e. The Bertz CT molecular complexity index is 558. The van der Waals surface area contributed by atoms with Gasteiger partial charge in [-0.3, -0.25) is 4.79 Å². The Labute approximate surface area is 130 Å². The van der Waals surface area contributed by atoms with Gasteiger partial charge in [0.25, 0.3) is 0 Å². The number of hydrogen-bond donors (Lipinski definition) is 0. The summed E-state index contributed by atoms with van der Waals surface area (Å²) in [7, 11) is 0. The Kier molecular flexibility index (Phi) is 3.96. The smallest absolute Gasteiger partial charge is 0.229 e. The second kappa shape index (κ2) is 5.64. The first-order chi connectivity index (χ1) is 10.4. The fourth-order valence-corrected chi connectivity index (χ4v) is 4.28. The van der Waals surface area contributed by atoms with Crippen molar-refractivity contribution >= 4 is 5.91 Å². The summed E-state index contributed by atoms with van der Waals surface area (Å²) in [6.07, 6.45) is 5.75. The Balaban J connectivity index is 1.96. The van der Waals surface area contributed by atoms with Crippen LogP contribution in [-0.2, 0) is 4.79 Å². The number of rotatable bonds is 2. The first kappa shape index (κ1) is 15.4. The highest BCUT2D eigenvalue weighted by Gasteiger charge is 2.49. The monoisotopic (exact) mass is 307 g/mol. The summed E-state index contributed by atoms with van der Waals surface area (Å²) in [5.74, 6) is -0.972. The quantitative estimate of drug-likeness (QED) is 0.782. The lowest BCUT2D eigenvalue weighted by molar-refractivity contribution is -0.152. The number of carbonyl (C=O) groups excluding carboxylic acids is 1. The normalized spacial score (nSPS) is 24.5. The van der Waals surface area contributed by atoms with Crippen molar-refractivity contribution in [2.24, 2.45) is 5.41 Å². The summed E-state index contributed by atoms with van der Waals surface area (Å²) in [5.41, 5.74) is 0.361. The van der Waals surface area contributed by atoms with Gasteiger partial charge in [-0.1, -0.05) is 12.8 Å². The van der Waals surface area contributed by atoms with Gasteiger partial charge in [0.15, 0.2) is 0 Å². The van der Waals surface area contributed by atoms with Crippen LogP contribution in [0.2, 0.25) is 0 Å². The highest BCUT2D eigenvalue weighted by molar-refractivity contribution is 5.84. The molecular formula is C18H23F2NO. The molecule has 1 aliphatic heterocycles. The van der Waals surface area contributed by atoms with Crippen LogP contribution < -0.4 is 0 Å². The third-order valence-corrected chi connectivity index (χ3v) is 5.31. The maximum absolute atomic E-state index is 13.6. The van der Waals surface area contributed by atoms with Gasteiger partial charge in [0.05, 0.1) is 6.04 Å². The second-order valence-corrected chi connectivity index (χ2v) is 7.05. The van der Waals surface area contributed by atoms with Gasteiger partial charge in [0.2, 0.25) is 5.91 Å². The van der Waals surface area contributed by atoms with E-state index in [-0.39, 0.29) is 23.4 Å². The van der Waals surface area contributed by atoms with Gasteiger partial charge >= 0.3 is 0 Å². The minimum atomic E-state index is -0.577. The Morgan fingerprint density at radius 3 is 2.23 bits per heavy atom. The van der Waals surface area contributed by atoms with E-state index in [4.69, 9.17) is 0 Å². The predicted molar refractivity (Wildman–Crippen MR) is 81.2 cm³/mol. The summed E-state index contributed by atoms with van der Waals surface area (Å²) in [4.78, 5) is 14.9.